The first-order chi connectivity index (χ1) is 16.3. The number of carbonyl (C=O) groups is 2. The van der Waals surface area contributed by atoms with Crippen LogP contribution in [0, 0.1) is 12.8 Å². The van der Waals surface area contributed by atoms with Crippen LogP contribution in [-0.4, -0.2) is 57.8 Å². The minimum Gasteiger partial charge on any atom is -0.370 e. The SMILES string of the molecule is CC(=O)N1CCC(C(=O)Nc2nc(NC3CCCCC3N=C(N)N)c3cc(C)ccc3n2)CC1. The number of anilines is 2. The van der Waals surface area contributed by atoms with Crippen molar-refractivity contribution >= 4 is 40.4 Å². The molecule has 182 valence electrons. The van der Waals surface area contributed by atoms with Gasteiger partial charge in [0.05, 0.1) is 17.6 Å². The Morgan fingerprint density at radius 1 is 1.09 bits per heavy atom. The number of rotatable bonds is 5. The molecule has 1 aliphatic carbocycles. The molecule has 10 nitrogen and oxygen atoms in total. The zero-order chi connectivity index (χ0) is 24.2. The number of aliphatic imine (C=N–C) groups is 1. The van der Waals surface area contributed by atoms with Crippen LogP contribution in [0.1, 0.15) is 51.0 Å². The zero-order valence-corrected chi connectivity index (χ0v) is 19.9. The van der Waals surface area contributed by atoms with Crippen LogP contribution < -0.4 is 22.1 Å². The normalized spacial score (nSPS) is 21.2. The molecular weight excluding hydrogens is 432 g/mol. The maximum atomic E-state index is 12.9. The van der Waals surface area contributed by atoms with E-state index in [1.54, 1.807) is 11.8 Å². The van der Waals surface area contributed by atoms with Gasteiger partial charge in [-0.1, -0.05) is 24.5 Å². The topological polar surface area (TPSA) is 152 Å². The fourth-order valence-corrected chi connectivity index (χ4v) is 4.88. The van der Waals surface area contributed by atoms with E-state index in [1.165, 1.54) is 0 Å². The van der Waals surface area contributed by atoms with Crippen LogP contribution in [0.3, 0.4) is 0 Å². The summed E-state index contributed by atoms with van der Waals surface area (Å²) < 4.78 is 0. The van der Waals surface area contributed by atoms with Crippen molar-refractivity contribution in [3.05, 3.63) is 23.8 Å². The highest BCUT2D eigenvalue weighted by Gasteiger charge is 2.28. The van der Waals surface area contributed by atoms with Gasteiger partial charge in [0.25, 0.3) is 0 Å². The molecule has 1 saturated carbocycles. The number of hydrogen-bond donors (Lipinski definition) is 4. The molecule has 4 rings (SSSR count). The van der Waals surface area contributed by atoms with Gasteiger partial charge in [-0.25, -0.2) is 9.98 Å². The summed E-state index contributed by atoms with van der Waals surface area (Å²) in [5, 5.41) is 7.36. The second-order valence-electron chi connectivity index (χ2n) is 9.34. The van der Waals surface area contributed by atoms with E-state index in [-0.39, 0.29) is 41.7 Å². The first-order valence-corrected chi connectivity index (χ1v) is 12.0. The van der Waals surface area contributed by atoms with E-state index < -0.39 is 0 Å². The first kappa shape index (κ1) is 23.7. The summed E-state index contributed by atoms with van der Waals surface area (Å²) in [5.41, 5.74) is 13.2. The van der Waals surface area contributed by atoms with Crippen molar-refractivity contribution in [3.8, 4) is 0 Å². The molecule has 2 amide bonds. The van der Waals surface area contributed by atoms with Gasteiger partial charge in [0, 0.05) is 31.3 Å². The second kappa shape index (κ2) is 10.2. The number of aryl methyl sites for hydroxylation is 1. The largest absolute Gasteiger partial charge is 0.370 e. The van der Waals surface area contributed by atoms with Crippen molar-refractivity contribution in [2.24, 2.45) is 22.4 Å². The van der Waals surface area contributed by atoms with Crippen LogP contribution in [0.2, 0.25) is 0 Å². The monoisotopic (exact) mass is 466 g/mol. The lowest BCUT2D eigenvalue weighted by atomic mass is 9.90. The summed E-state index contributed by atoms with van der Waals surface area (Å²) in [5.74, 6) is 0.783. The molecule has 2 aliphatic rings. The number of nitrogens with one attached hydrogen (secondary N) is 2. The van der Waals surface area contributed by atoms with Gasteiger partial charge in [0.15, 0.2) is 5.96 Å². The Kier molecular flexibility index (Phi) is 7.14. The molecule has 1 aliphatic heterocycles. The Morgan fingerprint density at radius 2 is 1.82 bits per heavy atom. The van der Waals surface area contributed by atoms with E-state index in [0.717, 1.165) is 42.1 Å². The van der Waals surface area contributed by atoms with Gasteiger partial charge in [-0.3, -0.25) is 14.9 Å². The molecule has 1 aromatic carbocycles. The van der Waals surface area contributed by atoms with Gasteiger partial charge in [-0.05, 0) is 44.7 Å². The van der Waals surface area contributed by atoms with Crippen molar-refractivity contribution < 1.29 is 9.59 Å². The van der Waals surface area contributed by atoms with Gasteiger partial charge in [0.1, 0.15) is 5.82 Å². The quantitative estimate of drug-likeness (QED) is 0.389. The summed E-state index contributed by atoms with van der Waals surface area (Å²) >= 11 is 0. The molecule has 2 heterocycles. The highest BCUT2D eigenvalue weighted by Crippen LogP contribution is 2.29. The lowest BCUT2D eigenvalue weighted by molar-refractivity contribution is -0.132. The average Bonchev–Trinajstić information content (AvgIpc) is 2.80. The Morgan fingerprint density at radius 3 is 2.53 bits per heavy atom. The van der Waals surface area contributed by atoms with E-state index >= 15 is 0 Å². The summed E-state index contributed by atoms with van der Waals surface area (Å²) in [6, 6.07) is 5.98. The van der Waals surface area contributed by atoms with E-state index in [9.17, 15) is 9.59 Å². The number of hydrogen-bond acceptors (Lipinski definition) is 6. The van der Waals surface area contributed by atoms with Crippen molar-refractivity contribution in [2.45, 2.75) is 64.5 Å². The first-order valence-electron chi connectivity index (χ1n) is 12.0. The maximum absolute atomic E-state index is 12.9. The molecule has 2 atom stereocenters. The third kappa shape index (κ3) is 5.55. The van der Waals surface area contributed by atoms with Crippen molar-refractivity contribution in [1.82, 2.24) is 14.9 Å². The number of aromatic nitrogens is 2. The number of piperidine rings is 1. The predicted molar refractivity (Wildman–Crippen MR) is 133 cm³/mol. The fourth-order valence-electron chi connectivity index (χ4n) is 4.88. The highest BCUT2D eigenvalue weighted by molar-refractivity contribution is 5.95. The van der Waals surface area contributed by atoms with Gasteiger partial charge in [-0.2, -0.15) is 4.98 Å². The van der Waals surface area contributed by atoms with Crippen LogP contribution >= 0.6 is 0 Å². The standard InChI is InChI=1S/C24H34N8O2/c1-14-7-8-18-17(13-14)21(27-19-5-3-4-6-20(19)28-23(25)26)30-24(29-18)31-22(34)16-9-11-32(12-10-16)15(2)33/h7-8,13,16,19-20H,3-6,9-12H2,1-2H3,(H4,25,26,28)(H2,27,29,30,31,34). The lowest BCUT2D eigenvalue weighted by Gasteiger charge is -2.31. The van der Waals surface area contributed by atoms with E-state index in [4.69, 9.17) is 16.5 Å². The van der Waals surface area contributed by atoms with Gasteiger partial charge < -0.3 is 21.7 Å². The van der Waals surface area contributed by atoms with Crippen molar-refractivity contribution in [3.63, 3.8) is 0 Å². The number of benzene rings is 1. The fraction of sp³-hybridized carbons (Fsp3) is 0.542. The van der Waals surface area contributed by atoms with Crippen LogP contribution in [-0.2, 0) is 9.59 Å². The highest BCUT2D eigenvalue weighted by atomic mass is 16.2. The Balaban J connectivity index is 1.57. The molecule has 34 heavy (non-hydrogen) atoms. The Bertz CT molecular complexity index is 1090. The molecule has 1 saturated heterocycles. The summed E-state index contributed by atoms with van der Waals surface area (Å²) in [7, 11) is 0. The van der Waals surface area contributed by atoms with Gasteiger partial charge in [-0.15, -0.1) is 0 Å². The van der Waals surface area contributed by atoms with E-state index in [2.05, 4.69) is 20.6 Å². The number of fused-ring (bicyclic) bond motifs is 1. The van der Waals surface area contributed by atoms with Crippen LogP contribution in [0.25, 0.3) is 10.9 Å². The molecule has 1 aromatic heterocycles. The molecule has 2 aromatic rings. The number of guanidine groups is 1. The maximum Gasteiger partial charge on any atom is 0.231 e. The lowest BCUT2D eigenvalue weighted by Crippen LogP contribution is -2.40. The molecule has 2 unspecified atom stereocenters. The molecule has 0 spiro atoms. The summed E-state index contributed by atoms with van der Waals surface area (Å²) in [4.78, 5) is 40.0. The van der Waals surface area contributed by atoms with Gasteiger partial charge in [0.2, 0.25) is 17.8 Å². The van der Waals surface area contributed by atoms with Crippen LogP contribution in [0.5, 0.6) is 0 Å². The number of carbonyl (C=O) groups excluding carboxylic acids is 2. The third-order valence-corrected chi connectivity index (χ3v) is 6.76. The minimum atomic E-state index is -0.172. The zero-order valence-electron chi connectivity index (χ0n) is 19.9. The average molecular weight is 467 g/mol. The predicted octanol–water partition coefficient (Wildman–Crippen LogP) is 2.13. The van der Waals surface area contributed by atoms with Gasteiger partial charge >= 0.3 is 0 Å². The minimum absolute atomic E-state index is 0.0296. The molecule has 0 bridgehead atoms. The van der Waals surface area contributed by atoms with Crippen LogP contribution in [0.15, 0.2) is 23.2 Å². The summed E-state index contributed by atoms with van der Waals surface area (Å²) in [6.45, 7) is 4.76. The molecule has 0 radical (unpaired) electrons. The van der Waals surface area contributed by atoms with E-state index in [0.29, 0.717) is 31.7 Å². The van der Waals surface area contributed by atoms with Crippen molar-refractivity contribution in [2.75, 3.05) is 23.7 Å². The van der Waals surface area contributed by atoms with E-state index in [1.807, 2.05) is 25.1 Å². The smallest absolute Gasteiger partial charge is 0.231 e. The van der Waals surface area contributed by atoms with Crippen molar-refractivity contribution in [1.29, 1.82) is 0 Å². The number of likely N-dealkylation sites (tertiary alicyclic amines) is 1. The number of nitrogens with zero attached hydrogens (tertiary/aromatic N) is 4. The molecule has 10 heteroatoms. The summed E-state index contributed by atoms with van der Waals surface area (Å²) in [6.07, 6.45) is 5.25. The molecule has 2 fully saturated rings. The number of amides is 2. The Hall–Kier alpha value is -3.43. The molecular formula is C24H34N8O2. The second-order valence-corrected chi connectivity index (χ2v) is 9.34. The third-order valence-electron chi connectivity index (χ3n) is 6.76. The Labute approximate surface area is 199 Å². The molecule has 6 N–H and O–H groups in total. The number of nitrogens with two attached hydrogens (primary N) is 2. The van der Waals surface area contributed by atoms with Crippen LogP contribution in [0.4, 0.5) is 11.8 Å².